The van der Waals surface area contributed by atoms with E-state index in [1.54, 1.807) is 24.4 Å². The van der Waals surface area contributed by atoms with Crippen LogP contribution < -0.4 is 11.2 Å². The van der Waals surface area contributed by atoms with Gasteiger partial charge < -0.3 is 0 Å². The van der Waals surface area contributed by atoms with Crippen LogP contribution in [0.4, 0.5) is 0 Å². The fraction of sp³-hybridized carbons (Fsp3) is 0.133. The van der Waals surface area contributed by atoms with Gasteiger partial charge in [-0.25, -0.2) is 9.36 Å². The van der Waals surface area contributed by atoms with Gasteiger partial charge in [-0.1, -0.05) is 36.7 Å². The van der Waals surface area contributed by atoms with E-state index in [0.717, 1.165) is 9.95 Å². The topological polar surface area (TPSA) is 67.8 Å². The molecular formula is C15H12ClN3O2. The van der Waals surface area contributed by atoms with Crippen LogP contribution in [-0.2, 0) is 6.42 Å². The first-order chi connectivity index (χ1) is 10.1. The summed E-state index contributed by atoms with van der Waals surface area (Å²) in [7, 11) is 0. The molecule has 0 aliphatic heterocycles. The highest BCUT2D eigenvalue weighted by Gasteiger charge is 2.14. The van der Waals surface area contributed by atoms with Crippen molar-refractivity contribution in [2.75, 3.05) is 0 Å². The summed E-state index contributed by atoms with van der Waals surface area (Å²) in [6.45, 7) is 1.81. The van der Waals surface area contributed by atoms with Gasteiger partial charge in [-0.3, -0.25) is 14.8 Å². The summed E-state index contributed by atoms with van der Waals surface area (Å²) >= 11 is 5.93. The molecule has 3 aromatic rings. The Morgan fingerprint density at radius 1 is 1.24 bits per heavy atom. The van der Waals surface area contributed by atoms with Crippen LogP contribution in [0.1, 0.15) is 12.5 Å². The van der Waals surface area contributed by atoms with Crippen molar-refractivity contribution in [3.8, 4) is 5.69 Å². The number of halogens is 1. The van der Waals surface area contributed by atoms with Gasteiger partial charge in [-0.15, -0.1) is 0 Å². The molecule has 0 spiro atoms. The molecule has 106 valence electrons. The van der Waals surface area contributed by atoms with Crippen molar-refractivity contribution in [1.29, 1.82) is 0 Å². The number of benzene rings is 1. The number of nitrogens with zero attached hydrogens (tertiary/aromatic N) is 2. The number of hydrogen-bond donors (Lipinski definition) is 1. The van der Waals surface area contributed by atoms with Crippen LogP contribution in [0.2, 0.25) is 5.15 Å². The smallest absolute Gasteiger partial charge is 0.297 e. The average Bonchev–Trinajstić information content (AvgIpc) is 2.47. The van der Waals surface area contributed by atoms with Crippen molar-refractivity contribution in [2.45, 2.75) is 13.3 Å². The first-order valence-electron chi connectivity index (χ1n) is 6.51. The molecule has 0 radical (unpaired) electrons. The Bertz CT molecular complexity index is 938. The Morgan fingerprint density at radius 3 is 2.76 bits per heavy atom. The van der Waals surface area contributed by atoms with Crippen LogP contribution in [0.15, 0.2) is 46.1 Å². The number of para-hydroxylation sites is 1. The first kappa shape index (κ1) is 13.6. The molecule has 0 bridgehead atoms. The Kier molecular flexibility index (Phi) is 3.35. The van der Waals surface area contributed by atoms with E-state index in [0.29, 0.717) is 23.2 Å². The lowest BCUT2D eigenvalue weighted by molar-refractivity contribution is 0.845. The summed E-state index contributed by atoms with van der Waals surface area (Å²) in [5.74, 6) is 0. The van der Waals surface area contributed by atoms with E-state index in [4.69, 9.17) is 11.6 Å². The van der Waals surface area contributed by atoms with Crippen LogP contribution in [0.3, 0.4) is 0 Å². The van der Waals surface area contributed by atoms with Crippen molar-refractivity contribution in [3.05, 3.63) is 68.1 Å². The predicted molar refractivity (Wildman–Crippen MR) is 82.3 cm³/mol. The normalized spacial score (nSPS) is 11.0. The predicted octanol–water partition coefficient (Wildman–Crippen LogP) is 2.29. The molecule has 21 heavy (non-hydrogen) atoms. The van der Waals surface area contributed by atoms with Crippen LogP contribution >= 0.6 is 11.6 Å². The average molecular weight is 302 g/mol. The third-order valence-electron chi connectivity index (χ3n) is 3.35. The molecule has 0 saturated heterocycles. The maximum absolute atomic E-state index is 12.5. The van der Waals surface area contributed by atoms with Gasteiger partial charge in [0.2, 0.25) is 0 Å². The number of hydrogen-bond acceptors (Lipinski definition) is 3. The summed E-state index contributed by atoms with van der Waals surface area (Å²) in [5, 5.41) is 0.950. The minimum Gasteiger partial charge on any atom is -0.297 e. The molecule has 0 fully saturated rings. The number of H-pyrrole nitrogens is 1. The first-order valence-corrected chi connectivity index (χ1v) is 6.89. The van der Waals surface area contributed by atoms with Crippen molar-refractivity contribution >= 4 is 22.5 Å². The third-order valence-corrected chi connectivity index (χ3v) is 3.67. The van der Waals surface area contributed by atoms with Crippen molar-refractivity contribution < 1.29 is 0 Å². The lowest BCUT2D eigenvalue weighted by Crippen LogP contribution is -2.36. The molecule has 5 nitrogen and oxygen atoms in total. The molecule has 1 aromatic carbocycles. The highest BCUT2D eigenvalue weighted by Crippen LogP contribution is 2.18. The molecular weight excluding hydrogens is 290 g/mol. The molecule has 2 heterocycles. The largest absolute Gasteiger partial charge is 0.334 e. The number of pyridine rings is 1. The second-order valence-electron chi connectivity index (χ2n) is 4.57. The number of aromatic amines is 1. The molecule has 3 rings (SSSR count). The van der Waals surface area contributed by atoms with E-state index < -0.39 is 11.2 Å². The standard InChI is InChI=1S/C15H12ClN3O2/c1-2-10-13(16)18-15(21)19(14(10)20)11-7-3-5-9-6-4-8-17-12(9)11/h3-8H,2H2,1H3,(H,18,21). The third kappa shape index (κ3) is 2.15. The number of aromatic nitrogens is 3. The van der Waals surface area contributed by atoms with Gasteiger partial charge in [0.15, 0.2) is 0 Å². The highest BCUT2D eigenvalue weighted by molar-refractivity contribution is 6.30. The Labute approximate surface area is 124 Å². The Hall–Kier alpha value is -2.40. The van der Waals surface area contributed by atoms with E-state index >= 15 is 0 Å². The second-order valence-corrected chi connectivity index (χ2v) is 4.95. The van der Waals surface area contributed by atoms with Crippen LogP contribution in [-0.4, -0.2) is 14.5 Å². The fourth-order valence-corrected chi connectivity index (χ4v) is 2.64. The monoisotopic (exact) mass is 301 g/mol. The van der Waals surface area contributed by atoms with Gasteiger partial charge in [0.25, 0.3) is 5.56 Å². The maximum Gasteiger partial charge on any atom is 0.334 e. The molecule has 6 heteroatoms. The van der Waals surface area contributed by atoms with Gasteiger partial charge in [0.1, 0.15) is 5.15 Å². The number of rotatable bonds is 2. The second kappa shape index (κ2) is 5.18. The summed E-state index contributed by atoms with van der Waals surface area (Å²) in [6, 6.07) is 9.03. The van der Waals surface area contributed by atoms with Crippen LogP contribution in [0.5, 0.6) is 0 Å². The summed E-state index contributed by atoms with van der Waals surface area (Å²) in [6.07, 6.45) is 2.06. The highest BCUT2D eigenvalue weighted by atomic mass is 35.5. The maximum atomic E-state index is 12.5. The van der Waals surface area contributed by atoms with Gasteiger partial charge in [-0.05, 0) is 18.6 Å². The van der Waals surface area contributed by atoms with E-state index in [-0.39, 0.29) is 5.15 Å². The van der Waals surface area contributed by atoms with E-state index in [9.17, 15) is 9.59 Å². The molecule has 0 aliphatic rings. The zero-order chi connectivity index (χ0) is 15.0. The Morgan fingerprint density at radius 2 is 2.00 bits per heavy atom. The minimum absolute atomic E-state index is 0.0944. The summed E-state index contributed by atoms with van der Waals surface area (Å²) in [4.78, 5) is 31.5. The molecule has 0 saturated carbocycles. The Balaban J connectivity index is 2.45. The quantitative estimate of drug-likeness (QED) is 0.738. The molecule has 0 atom stereocenters. The molecule has 0 amide bonds. The lowest BCUT2D eigenvalue weighted by Gasteiger charge is -2.09. The minimum atomic E-state index is -0.569. The zero-order valence-corrected chi connectivity index (χ0v) is 12.0. The number of nitrogens with one attached hydrogen (secondary N) is 1. The van der Waals surface area contributed by atoms with E-state index in [1.807, 2.05) is 19.1 Å². The number of fused-ring (bicyclic) bond motifs is 1. The molecule has 1 N–H and O–H groups in total. The molecule has 0 unspecified atom stereocenters. The van der Waals surface area contributed by atoms with E-state index in [2.05, 4.69) is 9.97 Å². The van der Waals surface area contributed by atoms with Crippen LogP contribution in [0, 0.1) is 0 Å². The van der Waals surface area contributed by atoms with Crippen LogP contribution in [0.25, 0.3) is 16.6 Å². The summed E-state index contributed by atoms with van der Waals surface area (Å²) < 4.78 is 1.08. The fourth-order valence-electron chi connectivity index (χ4n) is 2.34. The van der Waals surface area contributed by atoms with Crippen molar-refractivity contribution in [3.63, 3.8) is 0 Å². The van der Waals surface area contributed by atoms with Crippen molar-refractivity contribution in [2.24, 2.45) is 0 Å². The van der Waals surface area contributed by atoms with Gasteiger partial charge in [0, 0.05) is 11.6 Å². The van der Waals surface area contributed by atoms with Crippen molar-refractivity contribution in [1.82, 2.24) is 14.5 Å². The zero-order valence-electron chi connectivity index (χ0n) is 11.3. The van der Waals surface area contributed by atoms with Gasteiger partial charge in [0.05, 0.1) is 16.8 Å². The molecule has 0 aliphatic carbocycles. The van der Waals surface area contributed by atoms with E-state index in [1.165, 1.54) is 0 Å². The van der Waals surface area contributed by atoms with Gasteiger partial charge >= 0.3 is 5.69 Å². The summed E-state index contributed by atoms with van der Waals surface area (Å²) in [5.41, 5.74) is 0.441. The lowest BCUT2D eigenvalue weighted by atomic mass is 10.2. The molecule has 2 aromatic heterocycles. The van der Waals surface area contributed by atoms with Gasteiger partial charge in [-0.2, -0.15) is 0 Å². The SMILES string of the molecule is CCc1c(Cl)[nH]c(=O)n(-c2cccc3cccnc23)c1=O.